The predicted octanol–water partition coefficient (Wildman–Crippen LogP) is 5.92. The third-order valence-corrected chi connectivity index (χ3v) is 7.31. The topological polar surface area (TPSA) is 114 Å². The number of terminal acetylenes is 1. The fraction of sp³-hybridized carbons (Fsp3) is 0.0667. The van der Waals surface area contributed by atoms with Gasteiger partial charge in [0.15, 0.2) is 11.5 Å². The molecule has 0 fully saturated rings. The quantitative estimate of drug-likeness (QED) is 0.194. The molecule has 40 heavy (non-hydrogen) atoms. The Hall–Kier alpha value is -5.27. The van der Waals surface area contributed by atoms with Crippen LogP contribution in [0.1, 0.15) is 5.56 Å². The maximum absolute atomic E-state index is 12.8. The largest absolute Gasteiger partial charge is 0.493 e. The number of hydrogen-bond donors (Lipinski definition) is 3. The lowest BCUT2D eigenvalue weighted by Crippen LogP contribution is -2.12. The predicted molar refractivity (Wildman–Crippen MR) is 157 cm³/mol. The van der Waals surface area contributed by atoms with Crippen molar-refractivity contribution in [3.8, 4) is 23.8 Å². The standard InChI is InChI=1S/C30H25N5O4S/c1-4-20-10-8-11-21(16-20)31-29-25-18-27(38-2)28(39-3)19-26(25)33-30(34-29)32-22-12-9-13-23(17-22)35-40(36,37)24-14-6-5-7-15-24/h1,5-19,35H,2-3H3,(H2,31,32,33,34). The average Bonchev–Trinajstić information content (AvgIpc) is 2.97. The molecule has 1 heterocycles. The zero-order chi connectivity index (χ0) is 28.1. The van der Waals surface area contributed by atoms with Gasteiger partial charge >= 0.3 is 0 Å². The number of anilines is 5. The van der Waals surface area contributed by atoms with Gasteiger partial charge in [0.25, 0.3) is 10.0 Å². The Morgan fingerprint density at radius 1 is 0.750 bits per heavy atom. The van der Waals surface area contributed by atoms with Gasteiger partial charge in [-0.1, -0.05) is 36.3 Å². The molecule has 0 amide bonds. The Bertz CT molecular complexity index is 1840. The van der Waals surface area contributed by atoms with Crippen LogP contribution in [-0.4, -0.2) is 32.6 Å². The van der Waals surface area contributed by atoms with Crippen LogP contribution in [0, 0.1) is 12.3 Å². The molecular formula is C30H25N5O4S. The van der Waals surface area contributed by atoms with E-state index in [4.69, 9.17) is 20.9 Å². The Labute approximate surface area is 232 Å². The van der Waals surface area contributed by atoms with Crippen LogP contribution in [0.15, 0.2) is 95.9 Å². The number of hydrogen-bond acceptors (Lipinski definition) is 8. The smallest absolute Gasteiger partial charge is 0.261 e. The molecule has 0 aliphatic heterocycles. The maximum atomic E-state index is 12.8. The average molecular weight is 552 g/mol. The lowest BCUT2D eigenvalue weighted by molar-refractivity contribution is 0.356. The van der Waals surface area contributed by atoms with Gasteiger partial charge < -0.3 is 20.1 Å². The van der Waals surface area contributed by atoms with Crippen molar-refractivity contribution in [1.82, 2.24) is 9.97 Å². The Morgan fingerprint density at radius 2 is 1.43 bits per heavy atom. The van der Waals surface area contributed by atoms with E-state index in [1.54, 1.807) is 68.8 Å². The van der Waals surface area contributed by atoms with Crippen LogP contribution in [0.2, 0.25) is 0 Å². The molecule has 0 spiro atoms. The highest BCUT2D eigenvalue weighted by Crippen LogP contribution is 2.36. The molecule has 0 saturated heterocycles. The number of benzene rings is 4. The molecule has 0 unspecified atom stereocenters. The zero-order valence-corrected chi connectivity index (χ0v) is 22.5. The second kappa shape index (κ2) is 11.2. The van der Waals surface area contributed by atoms with Gasteiger partial charge in [-0.05, 0) is 54.6 Å². The molecular weight excluding hydrogens is 526 g/mol. The Balaban J connectivity index is 1.51. The summed E-state index contributed by atoms with van der Waals surface area (Å²) in [6.45, 7) is 0. The fourth-order valence-corrected chi connectivity index (χ4v) is 5.10. The van der Waals surface area contributed by atoms with E-state index in [1.807, 2.05) is 24.3 Å². The molecule has 0 saturated carbocycles. The highest BCUT2D eigenvalue weighted by Gasteiger charge is 2.16. The number of methoxy groups -OCH3 is 2. The van der Waals surface area contributed by atoms with E-state index in [2.05, 4.69) is 26.3 Å². The van der Waals surface area contributed by atoms with Crippen molar-refractivity contribution < 1.29 is 17.9 Å². The van der Waals surface area contributed by atoms with Crippen molar-refractivity contribution in [2.75, 3.05) is 29.6 Å². The summed E-state index contributed by atoms with van der Waals surface area (Å²) in [5, 5.41) is 7.19. The number of sulfonamides is 1. The monoisotopic (exact) mass is 551 g/mol. The van der Waals surface area contributed by atoms with E-state index in [9.17, 15) is 8.42 Å². The first kappa shape index (κ1) is 26.3. The van der Waals surface area contributed by atoms with Crippen LogP contribution in [0.3, 0.4) is 0 Å². The molecule has 0 radical (unpaired) electrons. The molecule has 5 rings (SSSR count). The van der Waals surface area contributed by atoms with Gasteiger partial charge in [0, 0.05) is 28.4 Å². The molecule has 5 aromatic rings. The summed E-state index contributed by atoms with van der Waals surface area (Å²) in [5.74, 6) is 4.45. The number of rotatable bonds is 9. The van der Waals surface area contributed by atoms with Crippen LogP contribution in [0.4, 0.5) is 28.8 Å². The van der Waals surface area contributed by atoms with Gasteiger partial charge in [0.05, 0.1) is 30.3 Å². The van der Waals surface area contributed by atoms with Crippen LogP contribution >= 0.6 is 0 Å². The summed E-state index contributed by atoms with van der Waals surface area (Å²) in [4.78, 5) is 9.55. The Kier molecular flexibility index (Phi) is 7.39. The van der Waals surface area contributed by atoms with E-state index in [-0.39, 0.29) is 10.8 Å². The summed E-state index contributed by atoms with van der Waals surface area (Å²) >= 11 is 0. The highest BCUT2D eigenvalue weighted by molar-refractivity contribution is 7.92. The van der Waals surface area contributed by atoms with Crippen molar-refractivity contribution in [3.63, 3.8) is 0 Å². The molecule has 3 N–H and O–H groups in total. The fourth-order valence-electron chi connectivity index (χ4n) is 4.03. The van der Waals surface area contributed by atoms with E-state index < -0.39 is 10.0 Å². The lowest BCUT2D eigenvalue weighted by Gasteiger charge is -2.15. The normalized spacial score (nSPS) is 10.9. The SMILES string of the molecule is C#Cc1cccc(Nc2nc(Nc3cccc(NS(=O)(=O)c4ccccc4)c3)nc3cc(OC)c(OC)cc23)c1. The van der Waals surface area contributed by atoms with Gasteiger partial charge in [-0.2, -0.15) is 4.98 Å². The number of nitrogens with one attached hydrogen (secondary N) is 3. The zero-order valence-electron chi connectivity index (χ0n) is 21.7. The molecule has 10 heteroatoms. The minimum atomic E-state index is -3.75. The first-order valence-electron chi connectivity index (χ1n) is 12.1. The van der Waals surface area contributed by atoms with Gasteiger partial charge in [0.2, 0.25) is 5.95 Å². The van der Waals surface area contributed by atoms with Gasteiger partial charge in [-0.25, -0.2) is 13.4 Å². The molecule has 0 atom stereocenters. The van der Waals surface area contributed by atoms with Gasteiger partial charge in [-0.3, -0.25) is 4.72 Å². The lowest BCUT2D eigenvalue weighted by atomic mass is 10.2. The van der Waals surface area contributed by atoms with Gasteiger partial charge in [0.1, 0.15) is 5.82 Å². The van der Waals surface area contributed by atoms with Crippen LogP contribution in [0.25, 0.3) is 10.9 Å². The van der Waals surface area contributed by atoms with E-state index >= 15 is 0 Å². The molecule has 9 nitrogen and oxygen atoms in total. The minimum absolute atomic E-state index is 0.167. The first-order chi connectivity index (χ1) is 19.4. The summed E-state index contributed by atoms with van der Waals surface area (Å²) < 4.78 is 39.2. The van der Waals surface area contributed by atoms with E-state index in [0.717, 1.165) is 11.3 Å². The van der Waals surface area contributed by atoms with E-state index in [1.165, 1.54) is 12.1 Å². The van der Waals surface area contributed by atoms with Crippen molar-refractivity contribution >= 4 is 49.8 Å². The molecule has 0 aliphatic carbocycles. The summed E-state index contributed by atoms with van der Waals surface area (Å²) in [7, 11) is -0.641. The number of ether oxygens (including phenoxy) is 2. The second-order valence-electron chi connectivity index (χ2n) is 8.59. The van der Waals surface area contributed by atoms with Crippen LogP contribution < -0.4 is 24.8 Å². The summed E-state index contributed by atoms with van der Waals surface area (Å²) in [6, 6.07) is 26.0. The molecule has 0 aliphatic rings. The third kappa shape index (κ3) is 5.75. The number of nitrogens with zero attached hydrogens (tertiary/aromatic N) is 2. The highest BCUT2D eigenvalue weighted by atomic mass is 32.2. The first-order valence-corrected chi connectivity index (χ1v) is 13.6. The third-order valence-electron chi connectivity index (χ3n) is 5.92. The molecule has 1 aromatic heterocycles. The second-order valence-corrected chi connectivity index (χ2v) is 10.3. The maximum Gasteiger partial charge on any atom is 0.261 e. The molecule has 4 aromatic carbocycles. The number of aromatic nitrogens is 2. The van der Waals surface area contributed by atoms with Crippen molar-refractivity contribution in [2.24, 2.45) is 0 Å². The van der Waals surface area contributed by atoms with Crippen molar-refractivity contribution in [1.29, 1.82) is 0 Å². The van der Waals surface area contributed by atoms with Crippen molar-refractivity contribution in [2.45, 2.75) is 4.90 Å². The van der Waals surface area contributed by atoms with E-state index in [0.29, 0.717) is 39.6 Å². The Morgan fingerprint density at radius 3 is 2.15 bits per heavy atom. The molecule has 200 valence electrons. The molecule has 0 bridgehead atoms. The van der Waals surface area contributed by atoms with Crippen LogP contribution in [0.5, 0.6) is 11.5 Å². The summed E-state index contributed by atoms with van der Waals surface area (Å²) in [5.41, 5.74) is 3.01. The minimum Gasteiger partial charge on any atom is -0.493 e. The van der Waals surface area contributed by atoms with Gasteiger partial charge in [-0.15, -0.1) is 6.42 Å². The van der Waals surface area contributed by atoms with Crippen molar-refractivity contribution in [3.05, 3.63) is 96.6 Å². The number of fused-ring (bicyclic) bond motifs is 1. The van der Waals surface area contributed by atoms with Crippen LogP contribution in [-0.2, 0) is 10.0 Å². The summed E-state index contributed by atoms with van der Waals surface area (Å²) in [6.07, 6.45) is 5.58.